The molecule has 0 saturated carbocycles. The molecule has 0 saturated heterocycles. The molecule has 0 bridgehead atoms. The normalized spacial score (nSPS) is 11.9. The summed E-state index contributed by atoms with van der Waals surface area (Å²) in [5.41, 5.74) is 8.14. The van der Waals surface area contributed by atoms with Gasteiger partial charge in [0.25, 0.3) is 0 Å². The van der Waals surface area contributed by atoms with Gasteiger partial charge in [0.1, 0.15) is 5.69 Å². The number of rotatable bonds is 4. The van der Waals surface area contributed by atoms with Gasteiger partial charge in [-0.3, -0.25) is 4.72 Å². The number of sulfonamides is 1. The molecule has 7 heteroatoms. The van der Waals surface area contributed by atoms with Gasteiger partial charge >= 0.3 is 0 Å². The maximum Gasteiger partial charge on any atom is 0.229 e. The average molecular weight is 340 g/mol. The summed E-state index contributed by atoms with van der Waals surface area (Å²) in [5, 5.41) is 9.75. The Balaban J connectivity index is 2.14. The van der Waals surface area contributed by atoms with Crippen LogP contribution in [-0.2, 0) is 10.0 Å². The highest BCUT2D eigenvalue weighted by molar-refractivity contribution is 7.92. The zero-order valence-electron chi connectivity index (χ0n) is 13.0. The number of benzene rings is 3. The Morgan fingerprint density at radius 2 is 1.54 bits per heavy atom. The zero-order chi connectivity index (χ0) is 17.2. The highest BCUT2D eigenvalue weighted by Crippen LogP contribution is 2.37. The van der Waals surface area contributed by atoms with E-state index in [1.54, 1.807) is 12.1 Å². The van der Waals surface area contributed by atoms with E-state index in [-0.39, 0.29) is 0 Å². The minimum absolute atomic E-state index is 0.406. The van der Waals surface area contributed by atoms with Crippen LogP contribution in [0.1, 0.15) is 0 Å². The molecule has 6 nitrogen and oxygen atoms in total. The summed E-state index contributed by atoms with van der Waals surface area (Å²) in [6.45, 7) is 0. The number of fused-ring (bicyclic) bond motifs is 1. The first-order chi connectivity index (χ1) is 11.4. The van der Waals surface area contributed by atoms with Crippen molar-refractivity contribution < 1.29 is 8.42 Å². The lowest BCUT2D eigenvalue weighted by atomic mass is 10.1. The Morgan fingerprint density at radius 3 is 2.21 bits per heavy atom. The smallest absolute Gasteiger partial charge is 0.229 e. The van der Waals surface area contributed by atoms with E-state index in [1.165, 1.54) is 0 Å². The van der Waals surface area contributed by atoms with Gasteiger partial charge in [-0.1, -0.05) is 42.5 Å². The zero-order valence-corrected chi connectivity index (χ0v) is 13.8. The van der Waals surface area contributed by atoms with Crippen LogP contribution in [0.25, 0.3) is 10.8 Å². The van der Waals surface area contributed by atoms with Crippen LogP contribution < -0.4 is 10.5 Å². The number of anilines is 2. The van der Waals surface area contributed by atoms with Crippen LogP contribution in [0, 0.1) is 0 Å². The molecule has 0 aliphatic carbocycles. The van der Waals surface area contributed by atoms with Crippen molar-refractivity contribution in [2.45, 2.75) is 0 Å². The Hall–Kier alpha value is -2.93. The summed E-state index contributed by atoms with van der Waals surface area (Å²) in [6, 6.07) is 18.1. The summed E-state index contributed by atoms with van der Waals surface area (Å²) >= 11 is 0. The molecule has 0 heterocycles. The van der Waals surface area contributed by atoms with Crippen LogP contribution in [-0.4, -0.2) is 14.7 Å². The molecule has 3 aromatic carbocycles. The fourth-order valence-corrected chi connectivity index (χ4v) is 2.92. The predicted molar refractivity (Wildman–Crippen MR) is 97.4 cm³/mol. The van der Waals surface area contributed by atoms with Crippen LogP contribution in [0.15, 0.2) is 70.9 Å². The standard InChI is InChI=1S/C17H16N4O2S/c1-24(22,23)21-15-11-16(20-19-12-7-3-2-4-8-12)17(18)14-10-6-5-9-13(14)15/h2-11,21H,18H2,1H3. The third kappa shape index (κ3) is 3.52. The first-order valence-electron chi connectivity index (χ1n) is 7.20. The van der Waals surface area contributed by atoms with Crippen molar-refractivity contribution in [3.63, 3.8) is 0 Å². The molecule has 3 N–H and O–H groups in total. The fourth-order valence-electron chi connectivity index (χ4n) is 2.36. The maximum atomic E-state index is 11.6. The van der Waals surface area contributed by atoms with E-state index in [0.717, 1.165) is 6.26 Å². The van der Waals surface area contributed by atoms with Gasteiger partial charge in [0.2, 0.25) is 10.0 Å². The third-order valence-corrected chi connectivity index (χ3v) is 3.98. The van der Waals surface area contributed by atoms with Crippen LogP contribution in [0.5, 0.6) is 0 Å². The Morgan fingerprint density at radius 1 is 0.917 bits per heavy atom. The third-order valence-electron chi connectivity index (χ3n) is 3.39. The summed E-state index contributed by atoms with van der Waals surface area (Å²) in [7, 11) is -3.43. The second-order valence-corrected chi connectivity index (χ2v) is 7.06. The minimum Gasteiger partial charge on any atom is -0.396 e. The molecule has 122 valence electrons. The van der Waals surface area contributed by atoms with E-state index in [2.05, 4.69) is 15.0 Å². The number of azo groups is 1. The van der Waals surface area contributed by atoms with Crippen LogP contribution >= 0.6 is 0 Å². The summed E-state index contributed by atoms with van der Waals surface area (Å²) in [4.78, 5) is 0. The molecule has 0 spiro atoms. The SMILES string of the molecule is CS(=O)(=O)Nc1cc(N=Nc2ccccc2)c(N)c2ccccc12. The average Bonchev–Trinajstić information content (AvgIpc) is 2.56. The Kier molecular flexibility index (Phi) is 4.18. The molecule has 0 fully saturated rings. The van der Waals surface area contributed by atoms with Crippen molar-refractivity contribution >= 4 is 43.5 Å². The number of hydrogen-bond acceptors (Lipinski definition) is 5. The quantitative estimate of drug-likeness (QED) is 0.550. The van der Waals surface area contributed by atoms with Gasteiger partial charge < -0.3 is 5.73 Å². The number of hydrogen-bond donors (Lipinski definition) is 2. The van der Waals surface area contributed by atoms with E-state index in [4.69, 9.17) is 5.73 Å². The van der Waals surface area contributed by atoms with Gasteiger partial charge in [-0.2, -0.15) is 5.11 Å². The molecule has 24 heavy (non-hydrogen) atoms. The Labute approximate surface area is 140 Å². The second kappa shape index (κ2) is 6.29. The molecule has 0 atom stereocenters. The lowest BCUT2D eigenvalue weighted by molar-refractivity contribution is 0.607. The van der Waals surface area contributed by atoms with Gasteiger partial charge in [-0.05, 0) is 18.2 Å². The van der Waals surface area contributed by atoms with E-state index >= 15 is 0 Å². The molecular formula is C17H16N4O2S. The molecule has 0 aromatic heterocycles. The van der Waals surface area contributed by atoms with Crippen molar-refractivity contribution in [1.82, 2.24) is 0 Å². The first-order valence-corrected chi connectivity index (χ1v) is 9.09. The first kappa shape index (κ1) is 15.9. The number of nitrogens with one attached hydrogen (secondary N) is 1. The van der Waals surface area contributed by atoms with Crippen molar-refractivity contribution in [3.05, 3.63) is 60.7 Å². The highest BCUT2D eigenvalue weighted by Gasteiger charge is 2.12. The summed E-state index contributed by atoms with van der Waals surface area (Å²) in [5.74, 6) is 0. The van der Waals surface area contributed by atoms with Gasteiger partial charge in [-0.25, -0.2) is 8.42 Å². The lowest BCUT2D eigenvalue weighted by Gasteiger charge is -2.12. The molecule has 3 aromatic rings. The molecule has 0 unspecified atom stereocenters. The number of nitrogen functional groups attached to an aromatic ring is 1. The van der Waals surface area contributed by atoms with E-state index in [9.17, 15) is 8.42 Å². The number of nitrogens with two attached hydrogens (primary N) is 1. The van der Waals surface area contributed by atoms with Crippen LogP contribution in [0.3, 0.4) is 0 Å². The fraction of sp³-hybridized carbons (Fsp3) is 0.0588. The topological polar surface area (TPSA) is 96.9 Å². The molecule has 0 amide bonds. The monoisotopic (exact) mass is 340 g/mol. The molecule has 0 aliphatic heterocycles. The van der Waals surface area contributed by atoms with Gasteiger partial charge in [0.05, 0.1) is 23.3 Å². The largest absolute Gasteiger partial charge is 0.396 e. The second-order valence-electron chi connectivity index (χ2n) is 5.31. The summed E-state index contributed by atoms with van der Waals surface area (Å²) in [6.07, 6.45) is 1.10. The van der Waals surface area contributed by atoms with Crippen LogP contribution in [0.4, 0.5) is 22.7 Å². The van der Waals surface area contributed by atoms with Gasteiger partial charge in [-0.15, -0.1) is 5.11 Å². The number of nitrogens with zero attached hydrogens (tertiary/aromatic N) is 2. The molecule has 0 radical (unpaired) electrons. The van der Waals surface area contributed by atoms with E-state index in [1.807, 2.05) is 48.5 Å². The lowest BCUT2D eigenvalue weighted by Crippen LogP contribution is -2.10. The van der Waals surface area contributed by atoms with Gasteiger partial charge in [0, 0.05) is 10.8 Å². The van der Waals surface area contributed by atoms with Gasteiger partial charge in [0.15, 0.2) is 0 Å². The summed E-state index contributed by atoms with van der Waals surface area (Å²) < 4.78 is 25.8. The molecular weight excluding hydrogens is 324 g/mol. The predicted octanol–water partition coefficient (Wildman–Crippen LogP) is 4.21. The Bertz CT molecular complexity index is 1020. The van der Waals surface area contributed by atoms with Crippen molar-refractivity contribution in [2.75, 3.05) is 16.7 Å². The van der Waals surface area contributed by atoms with E-state index < -0.39 is 10.0 Å². The van der Waals surface area contributed by atoms with Crippen molar-refractivity contribution in [2.24, 2.45) is 10.2 Å². The maximum absolute atomic E-state index is 11.6. The van der Waals surface area contributed by atoms with E-state index in [0.29, 0.717) is 33.5 Å². The van der Waals surface area contributed by atoms with Crippen molar-refractivity contribution in [1.29, 1.82) is 0 Å². The molecule has 3 rings (SSSR count). The van der Waals surface area contributed by atoms with Crippen molar-refractivity contribution in [3.8, 4) is 0 Å². The highest BCUT2D eigenvalue weighted by atomic mass is 32.2. The molecule has 0 aliphatic rings. The minimum atomic E-state index is -3.43. The van der Waals surface area contributed by atoms with Crippen LogP contribution in [0.2, 0.25) is 0 Å².